The summed E-state index contributed by atoms with van der Waals surface area (Å²) in [6.07, 6.45) is 0.800. The molecule has 1 saturated heterocycles. The molecular weight excluding hydrogens is 410 g/mol. The number of amides is 1. The first-order valence-electron chi connectivity index (χ1n) is 10.8. The van der Waals surface area contributed by atoms with Crippen LogP contribution in [0.1, 0.15) is 47.8 Å². The molecule has 1 fully saturated rings. The van der Waals surface area contributed by atoms with E-state index in [1.54, 1.807) is 19.1 Å². The van der Waals surface area contributed by atoms with Crippen LogP contribution in [0.3, 0.4) is 0 Å². The Morgan fingerprint density at radius 1 is 1.03 bits per heavy atom. The fourth-order valence-corrected chi connectivity index (χ4v) is 5.54. The number of rotatable bonds is 7. The number of likely N-dealkylation sites (N-methyl/N-ethyl adjacent to an activating group) is 1. The molecule has 0 spiro atoms. The lowest BCUT2D eigenvalue weighted by Gasteiger charge is -2.32. The summed E-state index contributed by atoms with van der Waals surface area (Å²) in [5, 5.41) is 3.11. The summed E-state index contributed by atoms with van der Waals surface area (Å²) in [4.78, 5) is 15.4. The molecule has 1 N–H and O–H groups in total. The first kappa shape index (κ1) is 23.4. The van der Waals surface area contributed by atoms with Gasteiger partial charge in [-0.3, -0.25) is 4.79 Å². The number of benzene rings is 2. The van der Waals surface area contributed by atoms with Gasteiger partial charge in [0, 0.05) is 31.7 Å². The highest BCUT2D eigenvalue weighted by Gasteiger charge is 2.29. The SMILES string of the molecule is Cc1ccc(C(=O)NC(CC(C)C)c2ccccc2)cc1S(=O)(=O)N1CCN(C)CC1. The van der Waals surface area contributed by atoms with Crippen LogP contribution in [0.25, 0.3) is 0 Å². The van der Waals surface area contributed by atoms with Gasteiger partial charge in [0.25, 0.3) is 5.91 Å². The van der Waals surface area contributed by atoms with Crippen LogP contribution in [-0.2, 0) is 10.0 Å². The number of hydrogen-bond donors (Lipinski definition) is 1. The third-order valence-corrected chi connectivity index (χ3v) is 7.79. The molecule has 2 aromatic carbocycles. The van der Waals surface area contributed by atoms with E-state index in [1.807, 2.05) is 37.4 Å². The van der Waals surface area contributed by atoms with E-state index in [1.165, 1.54) is 10.4 Å². The number of aryl methyl sites for hydroxylation is 1. The summed E-state index contributed by atoms with van der Waals surface area (Å²) in [7, 11) is -1.66. The van der Waals surface area contributed by atoms with E-state index >= 15 is 0 Å². The number of carbonyl (C=O) groups excluding carboxylic acids is 1. The largest absolute Gasteiger partial charge is 0.345 e. The van der Waals surface area contributed by atoms with Crippen molar-refractivity contribution in [3.63, 3.8) is 0 Å². The molecule has 2 aromatic rings. The van der Waals surface area contributed by atoms with Gasteiger partial charge in [0.15, 0.2) is 0 Å². The zero-order chi connectivity index (χ0) is 22.6. The smallest absolute Gasteiger partial charge is 0.251 e. The van der Waals surface area contributed by atoms with Gasteiger partial charge in [0.05, 0.1) is 10.9 Å². The van der Waals surface area contributed by atoms with Crippen molar-refractivity contribution in [2.45, 2.75) is 38.1 Å². The molecule has 1 unspecified atom stereocenters. The lowest BCUT2D eigenvalue weighted by Crippen LogP contribution is -2.47. The monoisotopic (exact) mass is 443 g/mol. The predicted molar refractivity (Wildman–Crippen MR) is 124 cm³/mol. The molecule has 1 aliphatic rings. The van der Waals surface area contributed by atoms with Gasteiger partial charge in [0.1, 0.15) is 0 Å². The van der Waals surface area contributed by atoms with E-state index in [2.05, 4.69) is 24.1 Å². The molecule has 1 atom stereocenters. The lowest BCUT2D eigenvalue weighted by atomic mass is 9.96. The molecule has 1 amide bonds. The molecule has 3 rings (SSSR count). The number of sulfonamides is 1. The third-order valence-electron chi connectivity index (χ3n) is 5.74. The number of hydrogen-bond acceptors (Lipinski definition) is 4. The minimum absolute atomic E-state index is 0.132. The zero-order valence-electron chi connectivity index (χ0n) is 18.8. The van der Waals surface area contributed by atoms with E-state index in [0.29, 0.717) is 43.2 Å². The van der Waals surface area contributed by atoms with Crippen LogP contribution in [0.4, 0.5) is 0 Å². The lowest BCUT2D eigenvalue weighted by molar-refractivity contribution is 0.0931. The number of carbonyl (C=O) groups is 1. The molecule has 0 saturated carbocycles. The van der Waals surface area contributed by atoms with Crippen molar-refractivity contribution >= 4 is 15.9 Å². The standard InChI is InChI=1S/C24H33N3O3S/c1-18(2)16-22(20-8-6-5-7-9-20)25-24(28)21-11-10-19(3)23(17-21)31(29,30)27-14-12-26(4)13-15-27/h5-11,17-18,22H,12-16H2,1-4H3,(H,25,28). The van der Waals surface area contributed by atoms with Gasteiger partial charge >= 0.3 is 0 Å². The van der Waals surface area contributed by atoms with E-state index in [0.717, 1.165) is 12.0 Å². The van der Waals surface area contributed by atoms with Crippen LogP contribution < -0.4 is 5.32 Å². The maximum Gasteiger partial charge on any atom is 0.251 e. The third kappa shape index (κ3) is 5.73. The van der Waals surface area contributed by atoms with Gasteiger partial charge in [-0.2, -0.15) is 4.31 Å². The van der Waals surface area contributed by atoms with Gasteiger partial charge in [-0.05, 0) is 49.6 Å². The maximum atomic E-state index is 13.3. The normalized spacial score (nSPS) is 16.9. The van der Waals surface area contributed by atoms with Gasteiger partial charge < -0.3 is 10.2 Å². The first-order chi connectivity index (χ1) is 14.7. The van der Waals surface area contributed by atoms with Crippen molar-refractivity contribution in [1.82, 2.24) is 14.5 Å². The van der Waals surface area contributed by atoms with Crippen LogP contribution in [-0.4, -0.2) is 56.8 Å². The van der Waals surface area contributed by atoms with E-state index < -0.39 is 10.0 Å². The van der Waals surface area contributed by atoms with Gasteiger partial charge in [0.2, 0.25) is 10.0 Å². The Labute approximate surface area is 186 Å². The van der Waals surface area contributed by atoms with Crippen LogP contribution in [0, 0.1) is 12.8 Å². The highest BCUT2D eigenvalue weighted by Crippen LogP contribution is 2.25. The van der Waals surface area contributed by atoms with Gasteiger partial charge in [-0.1, -0.05) is 50.2 Å². The van der Waals surface area contributed by atoms with Crippen LogP contribution >= 0.6 is 0 Å². The Balaban J connectivity index is 1.85. The minimum atomic E-state index is -3.65. The Kier molecular flexibility index (Phi) is 7.51. The number of nitrogens with zero attached hydrogens (tertiary/aromatic N) is 2. The number of nitrogens with one attached hydrogen (secondary N) is 1. The maximum absolute atomic E-state index is 13.3. The second-order valence-electron chi connectivity index (χ2n) is 8.75. The molecule has 0 aliphatic carbocycles. The molecule has 1 aliphatic heterocycles. The van der Waals surface area contributed by atoms with Crippen LogP contribution in [0.5, 0.6) is 0 Å². The summed E-state index contributed by atoms with van der Waals surface area (Å²) in [6.45, 7) is 8.33. The molecule has 7 heteroatoms. The quantitative estimate of drug-likeness (QED) is 0.712. The summed E-state index contributed by atoms with van der Waals surface area (Å²) >= 11 is 0. The Morgan fingerprint density at radius 3 is 2.29 bits per heavy atom. The average Bonchev–Trinajstić information content (AvgIpc) is 2.74. The molecule has 0 radical (unpaired) electrons. The van der Waals surface area contributed by atoms with E-state index in [9.17, 15) is 13.2 Å². The fraction of sp³-hybridized carbons (Fsp3) is 0.458. The highest BCUT2D eigenvalue weighted by atomic mass is 32.2. The summed E-state index contributed by atoms with van der Waals surface area (Å²) in [5.74, 6) is 0.140. The van der Waals surface area contributed by atoms with Crippen LogP contribution in [0.2, 0.25) is 0 Å². The summed E-state index contributed by atoms with van der Waals surface area (Å²) in [5.41, 5.74) is 2.06. The molecule has 168 valence electrons. The minimum Gasteiger partial charge on any atom is -0.345 e. The van der Waals surface area contributed by atoms with Crippen LogP contribution in [0.15, 0.2) is 53.4 Å². The van der Waals surface area contributed by atoms with Crippen molar-refractivity contribution in [1.29, 1.82) is 0 Å². The van der Waals surface area contributed by atoms with Crippen molar-refractivity contribution in [3.05, 3.63) is 65.2 Å². The van der Waals surface area contributed by atoms with Gasteiger partial charge in [-0.15, -0.1) is 0 Å². The summed E-state index contributed by atoms with van der Waals surface area (Å²) < 4.78 is 28.0. The molecule has 31 heavy (non-hydrogen) atoms. The Morgan fingerprint density at radius 2 is 1.68 bits per heavy atom. The van der Waals surface area contributed by atoms with Crippen molar-refractivity contribution in [3.8, 4) is 0 Å². The Bertz CT molecular complexity index is 998. The fourth-order valence-electron chi connectivity index (χ4n) is 3.86. The Hall–Kier alpha value is -2.22. The molecule has 1 heterocycles. The second kappa shape index (κ2) is 9.94. The molecular formula is C24H33N3O3S. The summed E-state index contributed by atoms with van der Waals surface area (Å²) in [6, 6.07) is 14.7. The topological polar surface area (TPSA) is 69.7 Å². The van der Waals surface area contributed by atoms with Crippen molar-refractivity contribution in [2.75, 3.05) is 33.2 Å². The zero-order valence-corrected chi connectivity index (χ0v) is 19.7. The molecule has 0 bridgehead atoms. The highest BCUT2D eigenvalue weighted by molar-refractivity contribution is 7.89. The molecule has 6 nitrogen and oxygen atoms in total. The van der Waals surface area contributed by atoms with Gasteiger partial charge in [-0.25, -0.2) is 8.42 Å². The van der Waals surface area contributed by atoms with E-state index in [4.69, 9.17) is 0 Å². The molecule has 0 aromatic heterocycles. The average molecular weight is 444 g/mol. The van der Waals surface area contributed by atoms with Crippen molar-refractivity contribution < 1.29 is 13.2 Å². The van der Waals surface area contributed by atoms with E-state index in [-0.39, 0.29) is 16.8 Å². The second-order valence-corrected chi connectivity index (χ2v) is 10.7. The predicted octanol–water partition coefficient (Wildman–Crippen LogP) is 3.45. The van der Waals surface area contributed by atoms with Crippen molar-refractivity contribution in [2.24, 2.45) is 5.92 Å². The number of piperazine rings is 1. The first-order valence-corrected chi connectivity index (χ1v) is 12.3.